The molecule has 0 aromatic heterocycles. The van der Waals surface area contributed by atoms with Crippen LogP contribution in [0.25, 0.3) is 0 Å². The number of rotatable bonds is 5. The second-order valence-corrected chi connectivity index (χ2v) is 4.16. The largest absolute Gasteiger partial charge is 0.493 e. The molecule has 0 radical (unpaired) electrons. The molecule has 0 aliphatic carbocycles. The van der Waals surface area contributed by atoms with Crippen LogP contribution in [-0.2, 0) is 4.74 Å². The smallest absolute Gasteiger partial charge is 0.161 e. The van der Waals surface area contributed by atoms with Gasteiger partial charge in [-0.15, -0.1) is 0 Å². The van der Waals surface area contributed by atoms with Crippen molar-refractivity contribution in [3.63, 3.8) is 0 Å². The lowest BCUT2D eigenvalue weighted by atomic mass is 10.2. The summed E-state index contributed by atoms with van der Waals surface area (Å²) >= 11 is 0. The predicted molar refractivity (Wildman–Crippen MR) is 65.4 cm³/mol. The highest BCUT2D eigenvalue weighted by Crippen LogP contribution is 2.27. The van der Waals surface area contributed by atoms with Crippen LogP contribution in [0, 0.1) is 0 Å². The van der Waals surface area contributed by atoms with Crippen LogP contribution in [0.4, 0.5) is 0 Å². The fraction of sp³-hybridized carbons (Fsp3) is 0.538. The lowest BCUT2D eigenvalue weighted by molar-refractivity contribution is 0.0217. The molecule has 1 aromatic carbocycles. The maximum absolute atomic E-state index is 5.71. The maximum Gasteiger partial charge on any atom is 0.161 e. The number of ether oxygens (including phenoxy) is 3. The van der Waals surface area contributed by atoms with Gasteiger partial charge in [-0.2, -0.15) is 0 Å². The van der Waals surface area contributed by atoms with Gasteiger partial charge in [0.1, 0.15) is 6.61 Å². The summed E-state index contributed by atoms with van der Waals surface area (Å²) in [6.45, 7) is 1.14. The van der Waals surface area contributed by atoms with Crippen molar-refractivity contribution in [2.75, 3.05) is 20.3 Å². The molecule has 1 aliphatic heterocycles. The van der Waals surface area contributed by atoms with E-state index in [2.05, 4.69) is 0 Å². The minimum atomic E-state index is 0.147. The van der Waals surface area contributed by atoms with Crippen molar-refractivity contribution in [3.05, 3.63) is 24.3 Å². The van der Waals surface area contributed by atoms with Gasteiger partial charge >= 0.3 is 0 Å². The van der Waals surface area contributed by atoms with Gasteiger partial charge in [-0.25, -0.2) is 0 Å². The van der Waals surface area contributed by atoms with Crippen LogP contribution in [0.5, 0.6) is 11.5 Å². The molecule has 4 nitrogen and oxygen atoms in total. The Balaban J connectivity index is 1.85. The van der Waals surface area contributed by atoms with E-state index in [0.717, 1.165) is 24.3 Å². The molecule has 1 aliphatic rings. The molecule has 0 bridgehead atoms. The Morgan fingerprint density at radius 1 is 1.24 bits per heavy atom. The van der Waals surface area contributed by atoms with Crippen molar-refractivity contribution in [2.24, 2.45) is 5.73 Å². The molecule has 1 saturated heterocycles. The molecule has 2 rings (SSSR count). The summed E-state index contributed by atoms with van der Waals surface area (Å²) in [6.07, 6.45) is 2.38. The van der Waals surface area contributed by atoms with Crippen LogP contribution in [0.1, 0.15) is 12.8 Å². The Morgan fingerprint density at radius 2 is 1.94 bits per heavy atom. The molecular weight excluding hydrogens is 218 g/mol. The SMILES string of the molecule is COc1ccccc1OCC1CCC(CN)O1. The van der Waals surface area contributed by atoms with Crippen LogP contribution in [0.3, 0.4) is 0 Å². The van der Waals surface area contributed by atoms with Gasteiger partial charge < -0.3 is 19.9 Å². The van der Waals surface area contributed by atoms with Gasteiger partial charge in [0.15, 0.2) is 11.5 Å². The second-order valence-electron chi connectivity index (χ2n) is 4.16. The van der Waals surface area contributed by atoms with E-state index in [1.54, 1.807) is 7.11 Å². The second kappa shape index (κ2) is 5.89. The van der Waals surface area contributed by atoms with E-state index in [9.17, 15) is 0 Å². The van der Waals surface area contributed by atoms with Gasteiger partial charge in [-0.3, -0.25) is 0 Å². The van der Waals surface area contributed by atoms with Gasteiger partial charge in [0.05, 0.1) is 19.3 Å². The molecule has 94 valence electrons. The Morgan fingerprint density at radius 3 is 2.59 bits per heavy atom. The third-order valence-corrected chi connectivity index (χ3v) is 2.95. The first kappa shape index (κ1) is 12.2. The van der Waals surface area contributed by atoms with Crippen LogP contribution in [0.2, 0.25) is 0 Å². The lowest BCUT2D eigenvalue weighted by Gasteiger charge is -2.15. The Labute approximate surface area is 102 Å². The van der Waals surface area contributed by atoms with Crippen molar-refractivity contribution in [1.82, 2.24) is 0 Å². The minimum absolute atomic E-state index is 0.147. The maximum atomic E-state index is 5.71. The summed E-state index contributed by atoms with van der Waals surface area (Å²) in [5.41, 5.74) is 5.56. The quantitative estimate of drug-likeness (QED) is 0.844. The van der Waals surface area contributed by atoms with Crippen LogP contribution in [0.15, 0.2) is 24.3 Å². The number of para-hydroxylation sites is 2. The highest BCUT2D eigenvalue weighted by Gasteiger charge is 2.24. The fourth-order valence-corrected chi connectivity index (χ4v) is 2.00. The van der Waals surface area contributed by atoms with Crippen molar-refractivity contribution in [3.8, 4) is 11.5 Å². The monoisotopic (exact) mass is 237 g/mol. The molecule has 2 N–H and O–H groups in total. The Hall–Kier alpha value is -1.26. The number of methoxy groups -OCH3 is 1. The van der Waals surface area contributed by atoms with Crippen molar-refractivity contribution >= 4 is 0 Å². The summed E-state index contributed by atoms with van der Waals surface area (Å²) in [5.74, 6) is 1.51. The highest BCUT2D eigenvalue weighted by molar-refractivity contribution is 5.39. The van der Waals surface area contributed by atoms with Crippen LogP contribution < -0.4 is 15.2 Å². The Bertz CT molecular complexity index is 356. The highest BCUT2D eigenvalue weighted by atomic mass is 16.6. The minimum Gasteiger partial charge on any atom is -0.493 e. The van der Waals surface area contributed by atoms with E-state index in [0.29, 0.717) is 13.2 Å². The molecule has 1 heterocycles. The number of benzene rings is 1. The first-order valence-electron chi connectivity index (χ1n) is 5.95. The molecule has 4 heteroatoms. The van der Waals surface area contributed by atoms with Crippen molar-refractivity contribution in [1.29, 1.82) is 0 Å². The van der Waals surface area contributed by atoms with E-state index in [4.69, 9.17) is 19.9 Å². The van der Waals surface area contributed by atoms with Crippen LogP contribution in [-0.4, -0.2) is 32.5 Å². The third kappa shape index (κ3) is 3.11. The van der Waals surface area contributed by atoms with Crippen LogP contribution >= 0.6 is 0 Å². The van der Waals surface area contributed by atoms with Crippen molar-refractivity contribution in [2.45, 2.75) is 25.0 Å². The van der Waals surface area contributed by atoms with Crippen molar-refractivity contribution < 1.29 is 14.2 Å². The van der Waals surface area contributed by atoms with E-state index < -0.39 is 0 Å². The molecule has 1 fully saturated rings. The standard InChI is InChI=1S/C13H19NO3/c1-15-12-4-2-3-5-13(12)16-9-11-7-6-10(8-14)17-11/h2-5,10-11H,6-9,14H2,1H3. The molecule has 2 atom stereocenters. The fourth-order valence-electron chi connectivity index (χ4n) is 2.00. The molecule has 17 heavy (non-hydrogen) atoms. The van der Waals surface area contributed by atoms with Gasteiger partial charge in [0, 0.05) is 6.54 Å². The van der Waals surface area contributed by atoms with E-state index in [1.807, 2.05) is 24.3 Å². The number of nitrogens with two attached hydrogens (primary N) is 1. The van der Waals surface area contributed by atoms with Gasteiger partial charge in [-0.05, 0) is 25.0 Å². The zero-order valence-corrected chi connectivity index (χ0v) is 10.1. The van der Waals surface area contributed by atoms with Gasteiger partial charge in [-0.1, -0.05) is 12.1 Å². The zero-order valence-electron chi connectivity index (χ0n) is 10.1. The summed E-state index contributed by atoms with van der Waals surface area (Å²) in [4.78, 5) is 0. The van der Waals surface area contributed by atoms with E-state index in [-0.39, 0.29) is 12.2 Å². The molecule has 0 spiro atoms. The van der Waals surface area contributed by atoms with E-state index in [1.165, 1.54) is 0 Å². The normalized spacial score (nSPS) is 23.6. The number of hydrogen-bond donors (Lipinski definition) is 1. The molecule has 1 aromatic rings. The first-order chi connectivity index (χ1) is 8.33. The summed E-state index contributed by atoms with van der Waals surface area (Å²) in [6, 6.07) is 7.62. The van der Waals surface area contributed by atoms with Gasteiger partial charge in [0.25, 0.3) is 0 Å². The first-order valence-corrected chi connectivity index (χ1v) is 5.95. The Kier molecular flexibility index (Phi) is 4.23. The molecule has 2 unspecified atom stereocenters. The number of hydrogen-bond acceptors (Lipinski definition) is 4. The van der Waals surface area contributed by atoms with E-state index >= 15 is 0 Å². The summed E-state index contributed by atoms with van der Waals surface area (Å²) < 4.78 is 16.6. The summed E-state index contributed by atoms with van der Waals surface area (Å²) in [7, 11) is 1.64. The summed E-state index contributed by atoms with van der Waals surface area (Å²) in [5, 5.41) is 0. The topological polar surface area (TPSA) is 53.7 Å². The lowest BCUT2D eigenvalue weighted by Crippen LogP contribution is -2.23. The molecular formula is C13H19NO3. The third-order valence-electron chi connectivity index (χ3n) is 2.95. The average Bonchev–Trinajstić information content (AvgIpc) is 2.84. The van der Waals surface area contributed by atoms with Gasteiger partial charge in [0.2, 0.25) is 0 Å². The predicted octanol–water partition coefficient (Wildman–Crippen LogP) is 1.58. The molecule has 0 saturated carbocycles. The molecule has 0 amide bonds. The zero-order chi connectivity index (χ0) is 12.1. The average molecular weight is 237 g/mol.